The molecular formula is C19H21ClN4O2S. The first-order valence-electron chi connectivity index (χ1n) is 9.07. The Labute approximate surface area is 166 Å². The summed E-state index contributed by atoms with van der Waals surface area (Å²) in [5.74, 6) is 0.000868. The van der Waals surface area contributed by atoms with Crippen LogP contribution >= 0.6 is 22.9 Å². The number of hydrogen-bond acceptors (Lipinski definition) is 5. The van der Waals surface area contributed by atoms with Crippen molar-refractivity contribution in [3.8, 4) is 0 Å². The number of thiazole rings is 1. The minimum absolute atomic E-state index is 0.000868. The molecule has 142 valence electrons. The van der Waals surface area contributed by atoms with Crippen molar-refractivity contribution >= 4 is 44.2 Å². The predicted molar refractivity (Wildman–Crippen MR) is 108 cm³/mol. The average molecular weight is 405 g/mol. The molecule has 0 N–H and O–H groups in total. The minimum atomic E-state index is -0.366. The molecule has 1 amide bonds. The van der Waals surface area contributed by atoms with E-state index in [1.807, 2.05) is 29.8 Å². The number of anilines is 1. The molecule has 1 fully saturated rings. The Morgan fingerprint density at radius 2 is 2.37 bits per heavy atom. The van der Waals surface area contributed by atoms with Crippen molar-refractivity contribution in [1.82, 2.24) is 14.5 Å². The molecule has 1 saturated heterocycles. The number of ether oxygens (including phenoxy) is 1. The number of aryl methyl sites for hydroxylation is 2. The standard InChI is InChI=1S/C19H21ClN4O2S/c1-13-10-14(20)11-16-17(13)22-19(27-16)24(18(25)15-4-2-9-26-15)7-3-6-23-8-5-21-12-23/h5,8,10-12,15H,2-4,6-7,9H2,1H3. The smallest absolute Gasteiger partial charge is 0.257 e. The van der Waals surface area contributed by atoms with Crippen LogP contribution in [0.5, 0.6) is 0 Å². The highest BCUT2D eigenvalue weighted by Crippen LogP contribution is 2.34. The highest BCUT2D eigenvalue weighted by Gasteiger charge is 2.30. The maximum absolute atomic E-state index is 13.1. The van der Waals surface area contributed by atoms with Gasteiger partial charge in [-0.2, -0.15) is 0 Å². The summed E-state index contributed by atoms with van der Waals surface area (Å²) in [6.45, 7) is 4.02. The molecule has 1 unspecified atom stereocenters. The van der Waals surface area contributed by atoms with Gasteiger partial charge in [0, 0.05) is 37.1 Å². The van der Waals surface area contributed by atoms with Gasteiger partial charge in [0.05, 0.1) is 16.5 Å². The Kier molecular flexibility index (Phi) is 5.43. The molecule has 0 aliphatic carbocycles. The van der Waals surface area contributed by atoms with Crippen molar-refractivity contribution in [3.05, 3.63) is 41.4 Å². The molecule has 4 rings (SSSR count). The van der Waals surface area contributed by atoms with Crippen LogP contribution in [-0.4, -0.2) is 39.7 Å². The van der Waals surface area contributed by atoms with Gasteiger partial charge >= 0.3 is 0 Å². The first-order chi connectivity index (χ1) is 13.1. The van der Waals surface area contributed by atoms with Gasteiger partial charge in [0.1, 0.15) is 6.10 Å². The molecule has 6 nitrogen and oxygen atoms in total. The Hall–Kier alpha value is -1.96. The lowest BCUT2D eigenvalue weighted by Gasteiger charge is -2.22. The number of benzene rings is 1. The number of amides is 1. The number of rotatable bonds is 6. The summed E-state index contributed by atoms with van der Waals surface area (Å²) >= 11 is 7.69. The van der Waals surface area contributed by atoms with E-state index in [1.54, 1.807) is 17.4 Å². The third kappa shape index (κ3) is 4.00. The van der Waals surface area contributed by atoms with Gasteiger partial charge in [-0.15, -0.1) is 0 Å². The summed E-state index contributed by atoms with van der Waals surface area (Å²) in [6, 6.07) is 3.81. The molecule has 3 aromatic rings. The monoisotopic (exact) mass is 404 g/mol. The SMILES string of the molecule is Cc1cc(Cl)cc2sc(N(CCCn3ccnc3)C(=O)C3CCCO3)nc12. The number of hydrogen-bond donors (Lipinski definition) is 0. The third-order valence-corrected chi connectivity index (χ3v) is 5.94. The zero-order valence-electron chi connectivity index (χ0n) is 15.1. The Balaban J connectivity index is 1.60. The van der Waals surface area contributed by atoms with Gasteiger partial charge in [-0.25, -0.2) is 9.97 Å². The molecule has 1 aliphatic heterocycles. The van der Waals surface area contributed by atoms with Crippen LogP contribution < -0.4 is 4.90 Å². The fourth-order valence-electron chi connectivity index (χ4n) is 3.33. The zero-order chi connectivity index (χ0) is 18.8. The molecular weight excluding hydrogens is 384 g/mol. The normalized spacial score (nSPS) is 16.9. The highest BCUT2D eigenvalue weighted by molar-refractivity contribution is 7.22. The van der Waals surface area contributed by atoms with Gasteiger partial charge in [-0.1, -0.05) is 22.9 Å². The van der Waals surface area contributed by atoms with Crippen molar-refractivity contribution in [2.24, 2.45) is 0 Å². The van der Waals surface area contributed by atoms with Crippen LogP contribution in [0.15, 0.2) is 30.9 Å². The molecule has 0 radical (unpaired) electrons. The van der Waals surface area contributed by atoms with Gasteiger partial charge in [-0.3, -0.25) is 9.69 Å². The quantitative estimate of drug-likeness (QED) is 0.621. The van der Waals surface area contributed by atoms with Crippen molar-refractivity contribution < 1.29 is 9.53 Å². The lowest BCUT2D eigenvalue weighted by Crippen LogP contribution is -2.40. The molecule has 1 aromatic carbocycles. The fraction of sp³-hybridized carbons (Fsp3) is 0.421. The van der Waals surface area contributed by atoms with Gasteiger partial charge < -0.3 is 9.30 Å². The Bertz CT molecular complexity index is 935. The number of halogens is 1. The largest absolute Gasteiger partial charge is 0.368 e. The molecule has 8 heteroatoms. The summed E-state index contributed by atoms with van der Waals surface area (Å²) in [6.07, 6.45) is 7.61. The van der Waals surface area contributed by atoms with E-state index < -0.39 is 0 Å². The second-order valence-electron chi connectivity index (χ2n) is 6.71. The number of carbonyl (C=O) groups excluding carboxylic acids is 1. The van der Waals surface area contributed by atoms with Crippen molar-refractivity contribution in [2.45, 2.75) is 38.8 Å². The molecule has 27 heavy (non-hydrogen) atoms. The van der Waals surface area contributed by atoms with E-state index in [9.17, 15) is 4.79 Å². The lowest BCUT2D eigenvalue weighted by atomic mass is 10.2. The van der Waals surface area contributed by atoms with Crippen molar-refractivity contribution in [1.29, 1.82) is 0 Å². The van der Waals surface area contributed by atoms with E-state index in [0.717, 1.165) is 41.6 Å². The van der Waals surface area contributed by atoms with Crippen LogP contribution in [0.3, 0.4) is 0 Å². The van der Waals surface area contributed by atoms with Crippen LogP contribution in [-0.2, 0) is 16.1 Å². The number of imidazole rings is 1. The Morgan fingerprint density at radius 3 is 3.11 bits per heavy atom. The van der Waals surface area contributed by atoms with E-state index in [2.05, 4.69) is 4.98 Å². The van der Waals surface area contributed by atoms with E-state index in [-0.39, 0.29) is 12.0 Å². The number of carbonyl (C=O) groups is 1. The molecule has 3 heterocycles. The lowest BCUT2D eigenvalue weighted by molar-refractivity contribution is -0.127. The van der Waals surface area contributed by atoms with Crippen LogP contribution in [0, 0.1) is 6.92 Å². The highest BCUT2D eigenvalue weighted by atomic mass is 35.5. The fourth-order valence-corrected chi connectivity index (χ4v) is 4.79. The molecule has 0 bridgehead atoms. The average Bonchev–Trinajstić information content (AvgIpc) is 3.38. The van der Waals surface area contributed by atoms with Crippen molar-refractivity contribution in [2.75, 3.05) is 18.1 Å². The Morgan fingerprint density at radius 1 is 1.48 bits per heavy atom. The summed E-state index contributed by atoms with van der Waals surface area (Å²) in [4.78, 5) is 23.7. The number of fused-ring (bicyclic) bond motifs is 1. The zero-order valence-corrected chi connectivity index (χ0v) is 16.7. The number of aromatic nitrogens is 3. The van der Waals surface area contributed by atoms with Gasteiger partial charge in [0.2, 0.25) is 0 Å². The summed E-state index contributed by atoms with van der Waals surface area (Å²) < 4.78 is 8.64. The maximum atomic E-state index is 13.1. The maximum Gasteiger partial charge on any atom is 0.257 e. The summed E-state index contributed by atoms with van der Waals surface area (Å²) in [5.41, 5.74) is 1.92. The van der Waals surface area contributed by atoms with Crippen LogP contribution in [0.1, 0.15) is 24.8 Å². The van der Waals surface area contributed by atoms with E-state index >= 15 is 0 Å². The van der Waals surface area contributed by atoms with Gasteiger partial charge in [0.25, 0.3) is 5.91 Å². The molecule has 1 aliphatic rings. The molecule has 1 atom stereocenters. The van der Waals surface area contributed by atoms with Gasteiger partial charge in [-0.05, 0) is 43.9 Å². The molecule has 2 aromatic heterocycles. The van der Waals surface area contributed by atoms with E-state index in [1.165, 1.54) is 11.3 Å². The second-order valence-corrected chi connectivity index (χ2v) is 8.16. The topological polar surface area (TPSA) is 60.2 Å². The van der Waals surface area contributed by atoms with E-state index in [4.69, 9.17) is 21.3 Å². The second kappa shape index (κ2) is 7.96. The summed E-state index contributed by atoms with van der Waals surface area (Å²) in [7, 11) is 0. The minimum Gasteiger partial charge on any atom is -0.368 e. The predicted octanol–water partition coefficient (Wildman–Crippen LogP) is 4.06. The first kappa shape index (κ1) is 18.4. The van der Waals surface area contributed by atoms with Crippen LogP contribution in [0.4, 0.5) is 5.13 Å². The molecule has 0 saturated carbocycles. The van der Waals surface area contributed by atoms with Crippen LogP contribution in [0.25, 0.3) is 10.2 Å². The third-order valence-electron chi connectivity index (χ3n) is 4.70. The van der Waals surface area contributed by atoms with Crippen molar-refractivity contribution in [3.63, 3.8) is 0 Å². The first-order valence-corrected chi connectivity index (χ1v) is 10.3. The summed E-state index contributed by atoms with van der Waals surface area (Å²) in [5, 5.41) is 1.40. The van der Waals surface area contributed by atoms with Gasteiger partial charge in [0.15, 0.2) is 5.13 Å². The number of nitrogens with zero attached hydrogens (tertiary/aromatic N) is 4. The van der Waals surface area contributed by atoms with E-state index in [0.29, 0.717) is 23.3 Å². The molecule has 0 spiro atoms. The van der Waals surface area contributed by atoms with Crippen LogP contribution in [0.2, 0.25) is 5.02 Å².